The van der Waals surface area contributed by atoms with Gasteiger partial charge in [-0.1, -0.05) is 35.9 Å². The second-order valence-corrected chi connectivity index (χ2v) is 7.12. The molecule has 2 aromatic rings. The third kappa shape index (κ3) is 3.60. The van der Waals surface area contributed by atoms with Gasteiger partial charge < -0.3 is 5.32 Å². The molecule has 0 aliphatic rings. The summed E-state index contributed by atoms with van der Waals surface area (Å²) in [6, 6.07) is 12.8. The molecule has 0 bridgehead atoms. The van der Waals surface area contributed by atoms with Gasteiger partial charge in [-0.15, -0.1) is 6.58 Å². The summed E-state index contributed by atoms with van der Waals surface area (Å²) in [7, 11) is -2.49. The van der Waals surface area contributed by atoms with E-state index in [0.717, 1.165) is 0 Å². The molecule has 0 aliphatic heterocycles. The average molecular weight is 365 g/mol. The monoisotopic (exact) mass is 364 g/mol. The molecule has 2 aromatic carbocycles. The number of rotatable bonds is 6. The Kier molecular flexibility index (Phi) is 5.64. The van der Waals surface area contributed by atoms with E-state index in [0.29, 0.717) is 5.69 Å². The fourth-order valence-corrected chi connectivity index (χ4v) is 4.10. The molecule has 2 rings (SSSR count). The van der Waals surface area contributed by atoms with Gasteiger partial charge in [0.1, 0.15) is 4.90 Å². The Hall–Kier alpha value is -2.31. The van der Waals surface area contributed by atoms with E-state index in [2.05, 4.69) is 11.9 Å². The number of anilines is 1. The van der Waals surface area contributed by atoms with Crippen molar-refractivity contribution in [1.29, 1.82) is 0 Å². The molecule has 0 aliphatic carbocycles. The van der Waals surface area contributed by atoms with Gasteiger partial charge in [0.15, 0.2) is 0 Å². The van der Waals surface area contributed by atoms with Crippen molar-refractivity contribution in [3.63, 3.8) is 0 Å². The van der Waals surface area contributed by atoms with Crippen molar-refractivity contribution < 1.29 is 13.2 Å². The summed E-state index contributed by atoms with van der Waals surface area (Å²) in [4.78, 5) is 11.7. The Labute approximate surface area is 146 Å². The third-order valence-corrected chi connectivity index (χ3v) is 5.60. The first-order chi connectivity index (χ1) is 11.4. The van der Waals surface area contributed by atoms with Crippen LogP contribution in [0.4, 0.5) is 5.69 Å². The molecule has 1 amide bonds. The number of halogens is 1. The molecule has 0 saturated carbocycles. The lowest BCUT2D eigenvalue weighted by molar-refractivity contribution is 0.0963. The van der Waals surface area contributed by atoms with Crippen molar-refractivity contribution in [1.82, 2.24) is 5.32 Å². The molecule has 0 radical (unpaired) electrons. The van der Waals surface area contributed by atoms with Crippen molar-refractivity contribution in [3.8, 4) is 0 Å². The zero-order chi connectivity index (χ0) is 17.7. The second kappa shape index (κ2) is 7.51. The van der Waals surface area contributed by atoms with Crippen LogP contribution in [0.1, 0.15) is 10.4 Å². The van der Waals surface area contributed by atoms with Crippen LogP contribution in [-0.2, 0) is 10.0 Å². The molecule has 0 unspecified atom stereocenters. The van der Waals surface area contributed by atoms with Crippen LogP contribution in [0.3, 0.4) is 0 Å². The molecule has 7 heteroatoms. The number of hydrogen-bond acceptors (Lipinski definition) is 3. The number of para-hydroxylation sites is 1. The van der Waals surface area contributed by atoms with Crippen LogP contribution in [0, 0.1) is 0 Å². The Morgan fingerprint density at radius 1 is 1.25 bits per heavy atom. The number of benzene rings is 2. The lowest BCUT2D eigenvalue weighted by atomic mass is 10.2. The van der Waals surface area contributed by atoms with E-state index in [9.17, 15) is 13.2 Å². The van der Waals surface area contributed by atoms with E-state index in [4.69, 9.17) is 11.6 Å². The number of hydrogen-bond donors (Lipinski definition) is 1. The van der Waals surface area contributed by atoms with E-state index < -0.39 is 15.9 Å². The average Bonchev–Trinajstić information content (AvgIpc) is 2.59. The van der Waals surface area contributed by atoms with Gasteiger partial charge in [-0.05, 0) is 30.3 Å². The van der Waals surface area contributed by atoms with Gasteiger partial charge in [-0.3, -0.25) is 9.10 Å². The van der Waals surface area contributed by atoms with Crippen molar-refractivity contribution >= 4 is 33.2 Å². The number of sulfonamides is 1. The first-order valence-electron chi connectivity index (χ1n) is 7.12. The summed E-state index contributed by atoms with van der Waals surface area (Å²) < 4.78 is 27.3. The van der Waals surface area contributed by atoms with Crippen LogP contribution in [0.2, 0.25) is 5.02 Å². The van der Waals surface area contributed by atoms with E-state index in [1.807, 2.05) is 0 Å². The Morgan fingerprint density at radius 3 is 2.50 bits per heavy atom. The zero-order valence-corrected chi connectivity index (χ0v) is 14.6. The minimum Gasteiger partial charge on any atom is -0.355 e. The van der Waals surface area contributed by atoms with Crippen LogP contribution in [0.5, 0.6) is 0 Å². The van der Waals surface area contributed by atoms with Crippen LogP contribution in [0.25, 0.3) is 0 Å². The van der Waals surface area contributed by atoms with Gasteiger partial charge in [0, 0.05) is 12.6 Å². The van der Waals surface area contributed by atoms with Gasteiger partial charge in [0.2, 0.25) is 0 Å². The van der Waals surface area contributed by atoms with E-state index in [-0.39, 0.29) is 22.0 Å². The van der Waals surface area contributed by atoms with E-state index in [1.165, 1.54) is 35.6 Å². The highest BCUT2D eigenvalue weighted by molar-refractivity contribution is 7.93. The second-order valence-electron chi connectivity index (χ2n) is 4.88. The third-order valence-electron chi connectivity index (χ3n) is 3.33. The largest absolute Gasteiger partial charge is 0.355 e. The lowest BCUT2D eigenvalue weighted by Gasteiger charge is -2.23. The Bertz CT molecular complexity index is 851. The molecule has 0 fully saturated rings. The molecule has 0 atom stereocenters. The van der Waals surface area contributed by atoms with E-state index >= 15 is 0 Å². The Morgan fingerprint density at radius 2 is 1.92 bits per heavy atom. The van der Waals surface area contributed by atoms with Crippen LogP contribution >= 0.6 is 11.6 Å². The van der Waals surface area contributed by atoms with Crippen molar-refractivity contribution in [3.05, 3.63) is 71.8 Å². The maximum Gasteiger partial charge on any atom is 0.266 e. The number of nitrogens with one attached hydrogen (secondary N) is 1. The Balaban J connectivity index is 2.59. The standard InChI is InChI=1S/C17H17ClN2O3S/c1-3-11-20(14-7-5-4-6-8-14)24(22,23)16-12-13(17(21)19-2)9-10-15(16)18/h3-10,12H,1,11H2,2H3,(H,19,21). The van der Waals surface area contributed by atoms with Crippen LogP contribution in [-0.4, -0.2) is 27.9 Å². The quantitative estimate of drug-likeness (QED) is 0.801. The fraction of sp³-hybridized carbons (Fsp3) is 0.118. The van der Waals surface area contributed by atoms with Crippen LogP contribution in [0.15, 0.2) is 66.1 Å². The van der Waals surface area contributed by atoms with Crippen molar-refractivity contribution in [2.45, 2.75) is 4.90 Å². The van der Waals surface area contributed by atoms with Gasteiger partial charge >= 0.3 is 0 Å². The molecule has 5 nitrogen and oxygen atoms in total. The molecular formula is C17H17ClN2O3S. The minimum atomic E-state index is -3.96. The lowest BCUT2D eigenvalue weighted by Crippen LogP contribution is -2.31. The van der Waals surface area contributed by atoms with Crippen LogP contribution < -0.4 is 9.62 Å². The van der Waals surface area contributed by atoms with Gasteiger partial charge in [0.05, 0.1) is 17.3 Å². The predicted octanol–water partition coefficient (Wildman–Crippen LogP) is 3.08. The fourth-order valence-electron chi connectivity index (χ4n) is 2.16. The normalized spacial score (nSPS) is 10.9. The van der Waals surface area contributed by atoms with Gasteiger partial charge in [-0.25, -0.2) is 8.42 Å². The summed E-state index contributed by atoms with van der Waals surface area (Å²) in [6.07, 6.45) is 1.49. The summed E-state index contributed by atoms with van der Waals surface area (Å²) in [5, 5.41) is 2.51. The summed E-state index contributed by atoms with van der Waals surface area (Å²) in [5.74, 6) is -0.391. The highest BCUT2D eigenvalue weighted by Gasteiger charge is 2.27. The summed E-state index contributed by atoms with van der Waals surface area (Å²) in [5.41, 5.74) is 0.700. The first kappa shape index (κ1) is 18.0. The SMILES string of the molecule is C=CCN(c1ccccc1)S(=O)(=O)c1cc(C(=O)NC)ccc1Cl. The predicted molar refractivity (Wildman–Crippen MR) is 96.0 cm³/mol. The highest BCUT2D eigenvalue weighted by atomic mass is 35.5. The van der Waals surface area contributed by atoms with Gasteiger partial charge in [-0.2, -0.15) is 0 Å². The number of nitrogens with zero attached hydrogens (tertiary/aromatic N) is 1. The molecular weight excluding hydrogens is 348 g/mol. The summed E-state index contributed by atoms with van der Waals surface area (Å²) >= 11 is 6.10. The van der Waals surface area contributed by atoms with Crippen molar-refractivity contribution in [2.24, 2.45) is 0 Å². The smallest absolute Gasteiger partial charge is 0.266 e. The molecule has 0 spiro atoms. The molecule has 0 saturated heterocycles. The first-order valence-corrected chi connectivity index (χ1v) is 8.94. The molecule has 0 aromatic heterocycles. The summed E-state index contributed by atoms with van der Waals surface area (Å²) in [6.45, 7) is 3.69. The molecule has 0 heterocycles. The minimum absolute atomic E-state index is 0.0487. The number of carbonyl (C=O) groups is 1. The number of amides is 1. The van der Waals surface area contributed by atoms with Gasteiger partial charge in [0.25, 0.3) is 15.9 Å². The zero-order valence-electron chi connectivity index (χ0n) is 13.1. The van der Waals surface area contributed by atoms with E-state index in [1.54, 1.807) is 30.3 Å². The molecule has 1 N–H and O–H groups in total. The maximum atomic E-state index is 13.1. The highest BCUT2D eigenvalue weighted by Crippen LogP contribution is 2.29. The topological polar surface area (TPSA) is 66.5 Å². The maximum absolute atomic E-state index is 13.1. The van der Waals surface area contributed by atoms with Crippen molar-refractivity contribution in [2.75, 3.05) is 17.9 Å². The molecule has 24 heavy (non-hydrogen) atoms. The molecule has 126 valence electrons. The number of carbonyl (C=O) groups excluding carboxylic acids is 1.